The molecule has 0 spiro atoms. The van der Waals surface area contributed by atoms with Crippen molar-refractivity contribution in [1.82, 2.24) is 4.90 Å². The van der Waals surface area contributed by atoms with E-state index in [9.17, 15) is 4.79 Å². The standard InChI is InChI=1S/C12H17NO3/c1-12(2,3)16-11(14)5-4-6-13-7-9-15-10-8-13/h1-3H,4-10H2. The Bertz CT molecular complexity index is 217. The van der Waals surface area contributed by atoms with Crippen molar-refractivity contribution in [3.05, 3.63) is 20.8 Å². The highest BCUT2D eigenvalue weighted by Crippen LogP contribution is 2.08. The second kappa shape index (κ2) is 6.21. The van der Waals surface area contributed by atoms with Gasteiger partial charge in [-0.1, -0.05) is 0 Å². The van der Waals surface area contributed by atoms with Crippen molar-refractivity contribution in [1.29, 1.82) is 0 Å². The van der Waals surface area contributed by atoms with Gasteiger partial charge in [-0.25, -0.2) is 0 Å². The molecule has 0 atom stereocenters. The fraction of sp³-hybridized carbons (Fsp3) is 0.667. The van der Waals surface area contributed by atoms with Gasteiger partial charge in [-0.2, -0.15) is 0 Å². The average molecular weight is 223 g/mol. The van der Waals surface area contributed by atoms with Crippen molar-refractivity contribution in [2.75, 3.05) is 32.8 Å². The van der Waals surface area contributed by atoms with E-state index in [2.05, 4.69) is 9.64 Å². The molecule has 0 aromatic carbocycles. The minimum Gasteiger partial charge on any atom is -0.458 e. The highest BCUT2D eigenvalue weighted by Gasteiger charge is 2.17. The minimum absolute atomic E-state index is 0.269. The van der Waals surface area contributed by atoms with Gasteiger partial charge in [-0.15, -0.1) is 0 Å². The lowest BCUT2D eigenvalue weighted by Gasteiger charge is -2.26. The van der Waals surface area contributed by atoms with Crippen molar-refractivity contribution in [3.8, 4) is 0 Å². The van der Waals surface area contributed by atoms with Crippen LogP contribution in [0.2, 0.25) is 0 Å². The molecule has 6 radical (unpaired) electrons. The van der Waals surface area contributed by atoms with Gasteiger partial charge < -0.3 is 9.47 Å². The van der Waals surface area contributed by atoms with Gasteiger partial charge in [0.1, 0.15) is 5.60 Å². The number of hydrogen-bond donors (Lipinski definition) is 0. The molecule has 0 N–H and O–H groups in total. The molecule has 16 heavy (non-hydrogen) atoms. The van der Waals surface area contributed by atoms with Gasteiger partial charge in [0.05, 0.1) is 13.2 Å². The van der Waals surface area contributed by atoms with Crippen LogP contribution in [0.1, 0.15) is 12.8 Å². The van der Waals surface area contributed by atoms with Crippen LogP contribution < -0.4 is 0 Å². The summed E-state index contributed by atoms with van der Waals surface area (Å²) in [4.78, 5) is 13.4. The molecule has 0 unspecified atom stereocenters. The van der Waals surface area contributed by atoms with Crippen LogP contribution in [0.15, 0.2) is 0 Å². The molecule has 4 nitrogen and oxygen atoms in total. The highest BCUT2D eigenvalue weighted by atomic mass is 16.6. The topological polar surface area (TPSA) is 38.8 Å². The van der Waals surface area contributed by atoms with Crippen LogP contribution in [0, 0.1) is 20.8 Å². The van der Waals surface area contributed by atoms with Crippen molar-refractivity contribution in [3.63, 3.8) is 0 Å². The zero-order valence-electron chi connectivity index (χ0n) is 9.35. The van der Waals surface area contributed by atoms with E-state index in [1.165, 1.54) is 0 Å². The molecule has 1 aliphatic heterocycles. The summed E-state index contributed by atoms with van der Waals surface area (Å²) in [6.45, 7) is 19.6. The molecule has 4 heteroatoms. The fourth-order valence-electron chi connectivity index (χ4n) is 1.52. The molecule has 1 rings (SSSR count). The molecule has 0 bridgehead atoms. The summed E-state index contributed by atoms with van der Waals surface area (Å²) >= 11 is 0. The predicted octanol–water partition coefficient (Wildman–Crippen LogP) is 0.514. The van der Waals surface area contributed by atoms with Crippen LogP contribution in [0.25, 0.3) is 0 Å². The maximum Gasteiger partial charge on any atom is 0.306 e. The molecule has 0 aromatic rings. The number of carbonyl (C=O) groups excluding carboxylic acids is 1. The molecule has 1 aliphatic rings. The monoisotopic (exact) mass is 223 g/mol. The summed E-state index contributed by atoms with van der Waals surface area (Å²) in [5.74, 6) is -0.472. The fourth-order valence-corrected chi connectivity index (χ4v) is 1.52. The van der Waals surface area contributed by atoms with Crippen molar-refractivity contribution in [2.24, 2.45) is 0 Å². The minimum atomic E-state index is -1.87. The van der Waals surface area contributed by atoms with Gasteiger partial charge in [0.15, 0.2) is 0 Å². The Balaban J connectivity index is 2.08. The van der Waals surface area contributed by atoms with E-state index in [4.69, 9.17) is 25.5 Å². The largest absolute Gasteiger partial charge is 0.458 e. The maximum atomic E-state index is 11.2. The molecule has 0 aliphatic carbocycles. The van der Waals surface area contributed by atoms with Crippen molar-refractivity contribution < 1.29 is 14.3 Å². The molecule has 0 amide bonds. The lowest BCUT2D eigenvalue weighted by Crippen LogP contribution is -2.37. The van der Waals surface area contributed by atoms with Crippen LogP contribution in [-0.4, -0.2) is 49.3 Å². The number of esters is 1. The third-order valence-corrected chi connectivity index (χ3v) is 2.25. The summed E-state index contributed by atoms with van der Waals surface area (Å²) in [6, 6.07) is 0. The van der Waals surface area contributed by atoms with E-state index in [0.717, 1.165) is 32.8 Å². The van der Waals surface area contributed by atoms with E-state index >= 15 is 0 Å². The third kappa shape index (κ3) is 6.08. The van der Waals surface area contributed by atoms with Crippen LogP contribution in [0.5, 0.6) is 0 Å². The zero-order chi connectivity index (χ0) is 12.0. The molecule has 1 fully saturated rings. The zero-order valence-corrected chi connectivity index (χ0v) is 9.35. The molecule has 88 valence electrons. The third-order valence-electron chi connectivity index (χ3n) is 2.25. The Labute approximate surface area is 97.9 Å². The Hall–Kier alpha value is -0.610. The number of carbonyl (C=O) groups is 1. The van der Waals surface area contributed by atoms with Crippen molar-refractivity contribution in [2.45, 2.75) is 18.4 Å². The van der Waals surface area contributed by atoms with Crippen LogP contribution >= 0.6 is 0 Å². The van der Waals surface area contributed by atoms with Gasteiger partial charge in [0.25, 0.3) is 0 Å². The van der Waals surface area contributed by atoms with E-state index < -0.39 is 11.6 Å². The lowest BCUT2D eigenvalue weighted by molar-refractivity contribution is -0.149. The van der Waals surface area contributed by atoms with Gasteiger partial charge >= 0.3 is 5.97 Å². The van der Waals surface area contributed by atoms with E-state index in [1.54, 1.807) is 0 Å². The molecular formula is C12H17NO3. The first-order valence-electron chi connectivity index (χ1n) is 5.36. The quantitative estimate of drug-likeness (QED) is 0.637. The molecule has 1 heterocycles. The predicted molar refractivity (Wildman–Crippen MR) is 58.2 cm³/mol. The lowest BCUT2D eigenvalue weighted by atomic mass is 10.2. The van der Waals surface area contributed by atoms with Crippen LogP contribution in [-0.2, 0) is 14.3 Å². The number of hydrogen-bond acceptors (Lipinski definition) is 4. The molecule has 0 aromatic heterocycles. The van der Waals surface area contributed by atoms with E-state index in [1.807, 2.05) is 0 Å². The Morgan fingerprint density at radius 1 is 1.31 bits per heavy atom. The summed E-state index contributed by atoms with van der Waals surface area (Å²) in [7, 11) is 0. The van der Waals surface area contributed by atoms with Gasteiger partial charge in [0.2, 0.25) is 0 Å². The first kappa shape index (κ1) is 13.5. The van der Waals surface area contributed by atoms with Gasteiger partial charge in [-0.3, -0.25) is 9.69 Å². The Morgan fingerprint density at radius 3 is 2.50 bits per heavy atom. The number of morpholine rings is 1. The summed E-state index contributed by atoms with van der Waals surface area (Å²) in [5.41, 5.74) is -1.87. The van der Waals surface area contributed by atoms with Gasteiger partial charge in [0, 0.05) is 40.3 Å². The Kier molecular flexibility index (Phi) is 5.22. The van der Waals surface area contributed by atoms with E-state index in [0.29, 0.717) is 6.42 Å². The second-order valence-electron chi connectivity index (χ2n) is 3.89. The van der Waals surface area contributed by atoms with E-state index in [-0.39, 0.29) is 6.42 Å². The smallest absolute Gasteiger partial charge is 0.306 e. The van der Waals surface area contributed by atoms with Crippen LogP contribution in [0.4, 0.5) is 0 Å². The van der Waals surface area contributed by atoms with Crippen LogP contribution in [0.3, 0.4) is 0 Å². The summed E-state index contributed by atoms with van der Waals surface area (Å²) in [6.07, 6.45) is 0.972. The molecule has 0 saturated carbocycles. The second-order valence-corrected chi connectivity index (χ2v) is 3.89. The molecular weight excluding hydrogens is 206 g/mol. The first-order chi connectivity index (χ1) is 7.47. The van der Waals surface area contributed by atoms with Gasteiger partial charge in [-0.05, 0) is 13.0 Å². The Morgan fingerprint density at radius 2 is 1.94 bits per heavy atom. The number of rotatable bonds is 5. The maximum absolute atomic E-state index is 11.2. The molecule has 1 saturated heterocycles. The highest BCUT2D eigenvalue weighted by molar-refractivity contribution is 5.70. The number of ether oxygens (including phenoxy) is 2. The SMILES string of the molecule is [CH]C([CH])([CH])OC(=O)CCCN1CCOCC1. The average Bonchev–Trinajstić information content (AvgIpc) is 2.16. The first-order valence-corrected chi connectivity index (χ1v) is 5.36. The summed E-state index contributed by atoms with van der Waals surface area (Å²) in [5, 5.41) is 0. The summed E-state index contributed by atoms with van der Waals surface area (Å²) < 4.78 is 9.79. The normalized spacial score (nSPS) is 18.4. The number of nitrogens with zero attached hydrogens (tertiary/aromatic N) is 1. The van der Waals surface area contributed by atoms with Crippen molar-refractivity contribution >= 4 is 5.97 Å².